The van der Waals surface area contributed by atoms with E-state index in [1.165, 1.54) is 12.5 Å². The Labute approximate surface area is 141 Å². The first kappa shape index (κ1) is 15.3. The molecule has 0 unspecified atom stereocenters. The maximum absolute atomic E-state index is 11.8. The Bertz CT molecular complexity index is 844. The number of nitrogens with zero attached hydrogens (tertiary/aromatic N) is 1. The highest BCUT2D eigenvalue weighted by Gasteiger charge is 2.07. The fourth-order valence-corrected chi connectivity index (χ4v) is 2.55. The van der Waals surface area contributed by atoms with E-state index in [4.69, 9.17) is 9.15 Å². The second-order valence-corrected chi connectivity index (χ2v) is 5.54. The van der Waals surface area contributed by atoms with Crippen molar-refractivity contribution in [1.82, 2.24) is 5.43 Å². The van der Waals surface area contributed by atoms with Crippen molar-refractivity contribution < 1.29 is 13.9 Å². The smallest absolute Gasteiger partial charge is 0.277 e. The zero-order valence-corrected chi connectivity index (χ0v) is 13.6. The molecule has 1 amide bonds. The molecule has 116 valence electrons. The van der Waals surface area contributed by atoms with Gasteiger partial charge in [-0.1, -0.05) is 40.2 Å². The monoisotopic (exact) mass is 372 g/mol. The Hall–Kier alpha value is -2.60. The zero-order valence-electron chi connectivity index (χ0n) is 12.0. The Morgan fingerprint density at radius 3 is 2.78 bits per heavy atom. The number of nitrogens with one attached hydrogen (secondary N) is 1. The molecular weight excluding hydrogens is 360 g/mol. The van der Waals surface area contributed by atoms with Gasteiger partial charge in [0.25, 0.3) is 5.91 Å². The summed E-state index contributed by atoms with van der Waals surface area (Å²) in [6.07, 6.45) is 2.96. The number of fused-ring (bicyclic) bond motifs is 1. The van der Waals surface area contributed by atoms with E-state index in [9.17, 15) is 4.79 Å². The van der Waals surface area contributed by atoms with E-state index in [-0.39, 0.29) is 12.5 Å². The molecule has 1 N–H and O–H groups in total. The van der Waals surface area contributed by atoms with Crippen LogP contribution in [0.15, 0.2) is 68.8 Å². The fraction of sp³-hybridized carbons (Fsp3) is 0.0588. The van der Waals surface area contributed by atoms with Crippen LogP contribution < -0.4 is 10.2 Å². The number of halogens is 1. The highest BCUT2D eigenvalue weighted by molar-refractivity contribution is 9.10. The minimum atomic E-state index is -0.347. The maximum atomic E-state index is 11.8. The van der Waals surface area contributed by atoms with Crippen LogP contribution in [0.1, 0.15) is 5.76 Å². The van der Waals surface area contributed by atoms with Gasteiger partial charge in [-0.25, -0.2) is 5.43 Å². The van der Waals surface area contributed by atoms with Gasteiger partial charge in [0.1, 0.15) is 11.5 Å². The van der Waals surface area contributed by atoms with Gasteiger partial charge in [-0.3, -0.25) is 4.79 Å². The van der Waals surface area contributed by atoms with Gasteiger partial charge in [0, 0.05) is 9.86 Å². The van der Waals surface area contributed by atoms with E-state index in [1.54, 1.807) is 12.1 Å². The average molecular weight is 373 g/mol. The summed E-state index contributed by atoms with van der Waals surface area (Å²) in [7, 11) is 0. The van der Waals surface area contributed by atoms with Crippen molar-refractivity contribution in [1.29, 1.82) is 0 Å². The molecule has 0 radical (unpaired) electrons. The second kappa shape index (κ2) is 7.11. The van der Waals surface area contributed by atoms with E-state index < -0.39 is 0 Å². The number of rotatable bonds is 5. The van der Waals surface area contributed by atoms with Gasteiger partial charge in [-0.2, -0.15) is 5.10 Å². The van der Waals surface area contributed by atoms with Gasteiger partial charge in [0.15, 0.2) is 6.61 Å². The minimum Gasteiger partial charge on any atom is -0.483 e. The van der Waals surface area contributed by atoms with Crippen molar-refractivity contribution in [2.75, 3.05) is 6.61 Å². The molecule has 3 aromatic rings. The molecule has 0 atom stereocenters. The predicted octanol–water partition coefficient (Wildman–Crippen LogP) is 3.72. The van der Waals surface area contributed by atoms with Gasteiger partial charge < -0.3 is 9.15 Å². The van der Waals surface area contributed by atoms with E-state index in [1.807, 2.05) is 36.4 Å². The Balaban J connectivity index is 1.62. The Morgan fingerprint density at radius 1 is 1.17 bits per heavy atom. The van der Waals surface area contributed by atoms with Crippen LogP contribution in [0.3, 0.4) is 0 Å². The van der Waals surface area contributed by atoms with Gasteiger partial charge in [0.2, 0.25) is 0 Å². The fourth-order valence-electron chi connectivity index (χ4n) is 2.07. The average Bonchev–Trinajstić information content (AvgIpc) is 3.08. The highest BCUT2D eigenvalue weighted by Crippen LogP contribution is 2.31. The molecule has 0 saturated carbocycles. The van der Waals surface area contributed by atoms with Gasteiger partial charge in [-0.05, 0) is 29.7 Å². The van der Waals surface area contributed by atoms with Crippen molar-refractivity contribution in [3.8, 4) is 5.75 Å². The predicted molar refractivity (Wildman–Crippen MR) is 91.6 cm³/mol. The molecular formula is C17H13BrN2O3. The molecule has 23 heavy (non-hydrogen) atoms. The molecule has 5 nitrogen and oxygen atoms in total. The van der Waals surface area contributed by atoms with Crippen LogP contribution >= 0.6 is 15.9 Å². The third-order valence-electron chi connectivity index (χ3n) is 3.11. The van der Waals surface area contributed by atoms with E-state index in [0.29, 0.717) is 11.5 Å². The molecule has 1 aromatic heterocycles. The van der Waals surface area contributed by atoms with Crippen molar-refractivity contribution in [2.24, 2.45) is 5.10 Å². The largest absolute Gasteiger partial charge is 0.483 e. The van der Waals surface area contributed by atoms with Crippen LogP contribution in [0.5, 0.6) is 5.75 Å². The van der Waals surface area contributed by atoms with E-state index in [0.717, 1.165) is 15.2 Å². The number of ether oxygens (including phenoxy) is 1. The lowest BCUT2D eigenvalue weighted by atomic mass is 10.1. The van der Waals surface area contributed by atoms with Crippen molar-refractivity contribution in [3.63, 3.8) is 0 Å². The minimum absolute atomic E-state index is 0.124. The van der Waals surface area contributed by atoms with Crippen molar-refractivity contribution >= 4 is 38.8 Å². The molecule has 0 bridgehead atoms. The number of hydrogen-bond acceptors (Lipinski definition) is 4. The normalized spacial score (nSPS) is 11.0. The highest BCUT2D eigenvalue weighted by atomic mass is 79.9. The number of benzene rings is 2. The lowest BCUT2D eigenvalue weighted by molar-refractivity contribution is -0.123. The number of carbonyl (C=O) groups is 1. The summed E-state index contributed by atoms with van der Waals surface area (Å²) in [6, 6.07) is 15.0. The van der Waals surface area contributed by atoms with Gasteiger partial charge in [0.05, 0.1) is 12.5 Å². The Kier molecular flexibility index (Phi) is 4.73. The lowest BCUT2D eigenvalue weighted by Gasteiger charge is -2.09. The van der Waals surface area contributed by atoms with Crippen molar-refractivity contribution in [2.45, 2.75) is 0 Å². The molecule has 6 heteroatoms. The molecule has 2 aromatic carbocycles. The molecule has 0 fully saturated rings. The molecule has 0 saturated heterocycles. The number of amides is 1. The summed E-state index contributed by atoms with van der Waals surface area (Å²) in [5.41, 5.74) is 2.39. The van der Waals surface area contributed by atoms with Crippen LogP contribution in [0, 0.1) is 0 Å². The van der Waals surface area contributed by atoms with Crippen LogP contribution in [0.4, 0.5) is 0 Å². The lowest BCUT2D eigenvalue weighted by Crippen LogP contribution is -2.24. The molecule has 0 spiro atoms. The molecule has 3 rings (SSSR count). The second-order valence-electron chi connectivity index (χ2n) is 4.69. The SMILES string of the molecule is O=C(COc1ccc(Br)c2ccccc12)NN=Cc1ccco1. The first-order valence-corrected chi connectivity index (χ1v) is 7.69. The zero-order chi connectivity index (χ0) is 16.1. The number of hydrazone groups is 1. The summed E-state index contributed by atoms with van der Waals surface area (Å²) in [5, 5.41) is 5.76. The van der Waals surface area contributed by atoms with Gasteiger partial charge in [-0.15, -0.1) is 0 Å². The van der Waals surface area contributed by atoms with Crippen LogP contribution in [-0.2, 0) is 4.79 Å². The van der Waals surface area contributed by atoms with Crippen molar-refractivity contribution in [3.05, 3.63) is 65.0 Å². The molecule has 0 aliphatic rings. The summed E-state index contributed by atoms with van der Waals surface area (Å²) < 4.78 is 11.6. The first-order valence-electron chi connectivity index (χ1n) is 6.89. The molecule has 0 aliphatic heterocycles. The number of hydrogen-bond donors (Lipinski definition) is 1. The summed E-state index contributed by atoms with van der Waals surface area (Å²) in [4.78, 5) is 11.8. The quantitative estimate of drug-likeness (QED) is 0.548. The van der Waals surface area contributed by atoms with Gasteiger partial charge >= 0.3 is 0 Å². The maximum Gasteiger partial charge on any atom is 0.277 e. The third kappa shape index (κ3) is 3.78. The first-order chi connectivity index (χ1) is 11.2. The topological polar surface area (TPSA) is 63.8 Å². The van der Waals surface area contributed by atoms with Crippen LogP contribution in [0.2, 0.25) is 0 Å². The summed E-state index contributed by atoms with van der Waals surface area (Å²) in [6.45, 7) is -0.124. The summed E-state index contributed by atoms with van der Waals surface area (Å²) >= 11 is 3.50. The van der Waals surface area contributed by atoms with Crippen LogP contribution in [0.25, 0.3) is 10.8 Å². The standard InChI is InChI=1S/C17H13BrN2O3/c18-15-7-8-16(14-6-2-1-5-13(14)15)23-11-17(21)20-19-10-12-4-3-9-22-12/h1-10H,11H2,(H,20,21). The number of furan rings is 1. The van der Waals surface area contributed by atoms with E-state index in [2.05, 4.69) is 26.5 Å². The van der Waals surface area contributed by atoms with E-state index >= 15 is 0 Å². The Morgan fingerprint density at radius 2 is 2.00 bits per heavy atom. The molecule has 1 heterocycles. The third-order valence-corrected chi connectivity index (χ3v) is 3.81. The number of carbonyl (C=O) groups excluding carboxylic acids is 1. The molecule has 0 aliphatic carbocycles. The summed E-state index contributed by atoms with van der Waals surface area (Å²) in [5.74, 6) is 0.860. The van der Waals surface area contributed by atoms with Crippen LogP contribution in [-0.4, -0.2) is 18.7 Å².